The molecular weight excluding hydrogens is 336 g/mol. The van der Waals surface area contributed by atoms with E-state index in [0.717, 1.165) is 25.9 Å². The van der Waals surface area contributed by atoms with Gasteiger partial charge in [-0.25, -0.2) is 4.79 Å². The molecule has 3 aliphatic rings. The molecule has 0 bridgehead atoms. The van der Waals surface area contributed by atoms with E-state index in [-0.39, 0.29) is 6.09 Å². The van der Waals surface area contributed by atoms with E-state index in [9.17, 15) is 4.79 Å². The number of amides is 1. The number of aryl methyl sites for hydroxylation is 1. The first-order valence-corrected chi connectivity index (χ1v) is 10.8. The molecule has 2 aliphatic heterocycles. The van der Waals surface area contributed by atoms with Gasteiger partial charge in [0.25, 0.3) is 0 Å². The second-order valence-electron chi connectivity index (χ2n) is 9.21. The lowest BCUT2D eigenvalue weighted by molar-refractivity contribution is 0.0446. The highest BCUT2D eigenvalue weighted by molar-refractivity contribution is 5.67. The molecule has 1 spiro atoms. The van der Waals surface area contributed by atoms with Gasteiger partial charge in [-0.05, 0) is 80.5 Å². The summed E-state index contributed by atoms with van der Waals surface area (Å²) >= 11 is 0. The predicted octanol–water partition coefficient (Wildman–Crippen LogP) is 4.23. The Balaban J connectivity index is 1.31. The van der Waals surface area contributed by atoms with Crippen LogP contribution >= 0.6 is 0 Å². The van der Waals surface area contributed by atoms with Crippen LogP contribution in [0.5, 0.6) is 0 Å². The van der Waals surface area contributed by atoms with E-state index in [0.29, 0.717) is 17.4 Å². The standard InChI is InChI=1S/C23H34N2O2/c1-3-27-21(26)25-16-10-22(2,11-17-25)18-24-14-12-23(13-15-24)9-8-19-6-4-5-7-20(19)23/h4-7H,3,8-18H2,1-2H3. The molecule has 0 aromatic heterocycles. The average Bonchev–Trinajstić information content (AvgIpc) is 3.03. The lowest BCUT2D eigenvalue weighted by Crippen LogP contribution is -2.49. The first-order chi connectivity index (χ1) is 13.0. The molecule has 1 amide bonds. The second-order valence-corrected chi connectivity index (χ2v) is 9.21. The summed E-state index contributed by atoms with van der Waals surface area (Å²) < 4.78 is 5.16. The minimum atomic E-state index is -0.139. The Hall–Kier alpha value is -1.55. The number of ether oxygens (including phenoxy) is 1. The van der Waals surface area contributed by atoms with Crippen molar-refractivity contribution < 1.29 is 9.53 Å². The molecule has 0 atom stereocenters. The van der Waals surface area contributed by atoms with E-state index in [4.69, 9.17) is 4.74 Å². The van der Waals surface area contributed by atoms with Crippen molar-refractivity contribution in [2.45, 2.75) is 57.8 Å². The van der Waals surface area contributed by atoms with E-state index < -0.39 is 0 Å². The summed E-state index contributed by atoms with van der Waals surface area (Å²) in [5.41, 5.74) is 3.99. The number of benzene rings is 1. The maximum absolute atomic E-state index is 11.9. The fraction of sp³-hybridized carbons (Fsp3) is 0.696. The summed E-state index contributed by atoms with van der Waals surface area (Å²) in [6, 6.07) is 9.12. The summed E-state index contributed by atoms with van der Waals surface area (Å²) in [7, 11) is 0. The zero-order chi connectivity index (χ0) is 18.9. The number of hydrogen-bond acceptors (Lipinski definition) is 3. The number of carbonyl (C=O) groups excluding carboxylic acids is 1. The molecule has 2 fully saturated rings. The van der Waals surface area contributed by atoms with Crippen LogP contribution in [-0.4, -0.2) is 55.2 Å². The lowest BCUT2D eigenvalue weighted by atomic mass is 9.73. The van der Waals surface area contributed by atoms with Gasteiger partial charge in [0, 0.05) is 19.6 Å². The molecule has 0 unspecified atom stereocenters. The monoisotopic (exact) mass is 370 g/mol. The van der Waals surface area contributed by atoms with Crippen molar-refractivity contribution in [1.82, 2.24) is 9.80 Å². The minimum Gasteiger partial charge on any atom is -0.450 e. The van der Waals surface area contributed by atoms with Crippen LogP contribution in [0.3, 0.4) is 0 Å². The number of hydrogen-bond donors (Lipinski definition) is 0. The van der Waals surface area contributed by atoms with Gasteiger partial charge < -0.3 is 14.5 Å². The summed E-state index contributed by atoms with van der Waals surface area (Å²) in [6.45, 7) is 10.0. The number of likely N-dealkylation sites (tertiary alicyclic amines) is 2. The zero-order valence-corrected chi connectivity index (χ0v) is 17.0. The molecule has 4 heteroatoms. The van der Waals surface area contributed by atoms with Gasteiger partial charge in [-0.1, -0.05) is 31.2 Å². The van der Waals surface area contributed by atoms with Gasteiger partial charge in [0.05, 0.1) is 6.61 Å². The first kappa shape index (κ1) is 18.8. The normalized spacial score (nSPS) is 24.0. The number of rotatable bonds is 3. The van der Waals surface area contributed by atoms with Crippen molar-refractivity contribution in [3.05, 3.63) is 35.4 Å². The summed E-state index contributed by atoms with van der Waals surface area (Å²) in [5.74, 6) is 0. The first-order valence-electron chi connectivity index (χ1n) is 10.8. The van der Waals surface area contributed by atoms with Gasteiger partial charge in [-0.2, -0.15) is 0 Å². The van der Waals surface area contributed by atoms with Gasteiger partial charge in [-0.15, -0.1) is 0 Å². The summed E-state index contributed by atoms with van der Waals surface area (Å²) in [5, 5.41) is 0. The van der Waals surface area contributed by atoms with Gasteiger partial charge in [-0.3, -0.25) is 0 Å². The van der Waals surface area contributed by atoms with E-state index in [1.165, 1.54) is 45.3 Å². The molecule has 27 heavy (non-hydrogen) atoms. The number of carbonyl (C=O) groups is 1. The van der Waals surface area contributed by atoms with Gasteiger partial charge >= 0.3 is 6.09 Å². The Morgan fingerprint density at radius 3 is 2.44 bits per heavy atom. The number of piperidine rings is 2. The number of fused-ring (bicyclic) bond motifs is 2. The van der Waals surface area contributed by atoms with Crippen LogP contribution in [0.15, 0.2) is 24.3 Å². The third-order valence-corrected chi connectivity index (χ3v) is 7.38. The van der Waals surface area contributed by atoms with E-state index >= 15 is 0 Å². The van der Waals surface area contributed by atoms with Crippen molar-refractivity contribution in [3.63, 3.8) is 0 Å². The molecule has 4 rings (SSSR count). The Bertz CT molecular complexity index is 671. The molecule has 0 radical (unpaired) electrons. The Morgan fingerprint density at radius 1 is 1.04 bits per heavy atom. The molecule has 1 aromatic carbocycles. The summed E-state index contributed by atoms with van der Waals surface area (Å²) in [6.07, 6.45) is 7.22. The van der Waals surface area contributed by atoms with Crippen molar-refractivity contribution >= 4 is 6.09 Å². The van der Waals surface area contributed by atoms with Crippen LogP contribution in [0.4, 0.5) is 4.79 Å². The topological polar surface area (TPSA) is 32.8 Å². The van der Waals surface area contributed by atoms with E-state index in [1.54, 1.807) is 11.1 Å². The highest BCUT2D eigenvalue weighted by atomic mass is 16.6. The highest BCUT2D eigenvalue weighted by Gasteiger charge is 2.42. The van der Waals surface area contributed by atoms with Crippen molar-refractivity contribution in [2.75, 3.05) is 39.3 Å². The molecule has 1 aliphatic carbocycles. The molecular formula is C23H34N2O2. The predicted molar refractivity (Wildman–Crippen MR) is 108 cm³/mol. The average molecular weight is 371 g/mol. The Morgan fingerprint density at radius 2 is 1.74 bits per heavy atom. The Kier molecular flexibility index (Phi) is 5.19. The summed E-state index contributed by atoms with van der Waals surface area (Å²) in [4.78, 5) is 16.5. The van der Waals surface area contributed by atoms with Crippen molar-refractivity contribution in [3.8, 4) is 0 Å². The third kappa shape index (κ3) is 3.73. The van der Waals surface area contributed by atoms with Crippen LogP contribution in [-0.2, 0) is 16.6 Å². The molecule has 2 heterocycles. The van der Waals surface area contributed by atoms with E-state index in [1.807, 2.05) is 11.8 Å². The van der Waals surface area contributed by atoms with Gasteiger partial charge in [0.15, 0.2) is 0 Å². The smallest absolute Gasteiger partial charge is 0.409 e. The SMILES string of the molecule is CCOC(=O)N1CCC(C)(CN2CCC3(CCc4ccccc43)CC2)CC1. The molecule has 148 valence electrons. The van der Waals surface area contributed by atoms with Gasteiger partial charge in [0.1, 0.15) is 0 Å². The lowest BCUT2D eigenvalue weighted by Gasteiger charge is -2.46. The van der Waals surface area contributed by atoms with E-state index in [2.05, 4.69) is 36.1 Å². The van der Waals surface area contributed by atoms with Crippen LogP contribution in [0, 0.1) is 5.41 Å². The maximum Gasteiger partial charge on any atom is 0.409 e. The quantitative estimate of drug-likeness (QED) is 0.798. The molecule has 4 nitrogen and oxygen atoms in total. The highest BCUT2D eigenvalue weighted by Crippen LogP contribution is 2.46. The second kappa shape index (κ2) is 7.46. The zero-order valence-electron chi connectivity index (χ0n) is 17.0. The van der Waals surface area contributed by atoms with Crippen LogP contribution in [0.2, 0.25) is 0 Å². The number of nitrogens with zero attached hydrogens (tertiary/aromatic N) is 2. The molecule has 0 saturated carbocycles. The molecule has 1 aromatic rings. The van der Waals surface area contributed by atoms with Crippen LogP contribution < -0.4 is 0 Å². The fourth-order valence-electron chi connectivity index (χ4n) is 5.56. The van der Waals surface area contributed by atoms with Crippen molar-refractivity contribution in [2.24, 2.45) is 5.41 Å². The minimum absolute atomic E-state index is 0.139. The fourth-order valence-corrected chi connectivity index (χ4v) is 5.56. The van der Waals surface area contributed by atoms with Gasteiger partial charge in [0.2, 0.25) is 0 Å². The largest absolute Gasteiger partial charge is 0.450 e. The molecule has 2 saturated heterocycles. The van der Waals surface area contributed by atoms with Crippen LogP contribution in [0.1, 0.15) is 57.1 Å². The Labute approximate surface area is 163 Å². The molecule has 0 N–H and O–H groups in total. The van der Waals surface area contributed by atoms with Crippen LogP contribution in [0.25, 0.3) is 0 Å². The van der Waals surface area contributed by atoms with Crippen molar-refractivity contribution in [1.29, 1.82) is 0 Å². The maximum atomic E-state index is 11.9. The third-order valence-electron chi connectivity index (χ3n) is 7.38.